The summed E-state index contributed by atoms with van der Waals surface area (Å²) in [5.41, 5.74) is 0.429. The van der Waals surface area contributed by atoms with E-state index in [0.29, 0.717) is 18.8 Å². The van der Waals surface area contributed by atoms with Crippen LogP contribution in [0.4, 0.5) is 11.4 Å². The number of anilines is 1. The van der Waals surface area contributed by atoms with Gasteiger partial charge in [-0.15, -0.1) is 0 Å². The number of piperazine rings is 1. The van der Waals surface area contributed by atoms with Crippen molar-refractivity contribution in [3.63, 3.8) is 0 Å². The normalized spacial score (nSPS) is 14.8. The van der Waals surface area contributed by atoms with Gasteiger partial charge in [-0.3, -0.25) is 14.9 Å². The smallest absolute Gasteiger partial charge is 0.287 e. The first-order valence-corrected chi connectivity index (χ1v) is 5.32. The van der Waals surface area contributed by atoms with Gasteiger partial charge in [-0.05, 0) is 12.1 Å². The van der Waals surface area contributed by atoms with E-state index in [1.807, 2.05) is 0 Å². The molecule has 1 aliphatic heterocycles. The molecule has 1 aromatic rings. The molecule has 18 heavy (non-hydrogen) atoms. The minimum Gasteiger partial charge on any atom is -0.360 e. The molecular formula is C11H10N4O3. The van der Waals surface area contributed by atoms with E-state index in [0.717, 1.165) is 0 Å². The topological polar surface area (TPSA) is 99.3 Å². The summed E-state index contributed by atoms with van der Waals surface area (Å²) in [6, 6.07) is 6.09. The lowest BCUT2D eigenvalue weighted by atomic mass is 10.1. The van der Waals surface area contributed by atoms with Gasteiger partial charge in [0.1, 0.15) is 11.6 Å². The van der Waals surface area contributed by atoms with Crippen LogP contribution in [0.25, 0.3) is 0 Å². The van der Waals surface area contributed by atoms with Crippen LogP contribution < -0.4 is 10.2 Å². The number of nitro benzene ring substituents is 1. The Hall–Kier alpha value is -2.62. The van der Waals surface area contributed by atoms with Crippen molar-refractivity contribution in [1.29, 1.82) is 5.26 Å². The largest absolute Gasteiger partial charge is 0.360 e. The third-order valence-corrected chi connectivity index (χ3v) is 2.70. The van der Waals surface area contributed by atoms with E-state index in [9.17, 15) is 14.9 Å². The zero-order valence-corrected chi connectivity index (χ0v) is 9.42. The highest BCUT2D eigenvalue weighted by Gasteiger charge is 2.20. The summed E-state index contributed by atoms with van der Waals surface area (Å²) >= 11 is 0. The molecule has 1 saturated heterocycles. The second-order valence-electron chi connectivity index (χ2n) is 3.84. The van der Waals surface area contributed by atoms with Crippen molar-refractivity contribution in [1.82, 2.24) is 5.32 Å². The molecule has 2 rings (SSSR count). The number of rotatable bonds is 2. The van der Waals surface area contributed by atoms with Crippen molar-refractivity contribution in [2.45, 2.75) is 0 Å². The van der Waals surface area contributed by atoms with E-state index >= 15 is 0 Å². The van der Waals surface area contributed by atoms with Crippen molar-refractivity contribution in [2.75, 3.05) is 24.5 Å². The molecule has 1 N–H and O–H groups in total. The Labute approximate surface area is 103 Å². The molecule has 7 nitrogen and oxygen atoms in total. The van der Waals surface area contributed by atoms with E-state index in [2.05, 4.69) is 5.32 Å². The molecule has 0 bridgehead atoms. The number of hydrogen-bond donors (Lipinski definition) is 1. The van der Waals surface area contributed by atoms with Crippen molar-refractivity contribution < 1.29 is 9.72 Å². The van der Waals surface area contributed by atoms with Gasteiger partial charge in [-0.2, -0.15) is 5.26 Å². The van der Waals surface area contributed by atoms with Gasteiger partial charge in [0, 0.05) is 24.8 Å². The predicted octanol–water partition coefficient (Wildman–Crippen LogP) is 0.403. The highest BCUT2D eigenvalue weighted by Crippen LogP contribution is 2.24. The lowest BCUT2D eigenvalue weighted by molar-refractivity contribution is -0.385. The fourth-order valence-electron chi connectivity index (χ4n) is 1.83. The second kappa shape index (κ2) is 4.71. The maximum atomic E-state index is 11.3. The maximum absolute atomic E-state index is 11.3. The Bertz CT molecular complexity index is 550. The van der Waals surface area contributed by atoms with Gasteiger partial charge in [0.2, 0.25) is 5.91 Å². The van der Waals surface area contributed by atoms with Gasteiger partial charge in [-0.1, -0.05) is 0 Å². The Morgan fingerprint density at radius 3 is 2.89 bits per heavy atom. The average Bonchev–Trinajstić information content (AvgIpc) is 2.37. The third kappa shape index (κ3) is 2.22. The Kier molecular flexibility index (Phi) is 3.10. The minimum absolute atomic E-state index is 0.00322. The first kappa shape index (κ1) is 11.9. The van der Waals surface area contributed by atoms with Gasteiger partial charge >= 0.3 is 0 Å². The van der Waals surface area contributed by atoms with Crippen molar-refractivity contribution in [2.24, 2.45) is 0 Å². The van der Waals surface area contributed by atoms with E-state index in [1.54, 1.807) is 17.0 Å². The molecule has 1 aliphatic rings. The number of nitrogens with one attached hydrogen (secondary N) is 1. The quantitative estimate of drug-likeness (QED) is 0.601. The van der Waals surface area contributed by atoms with Crippen molar-refractivity contribution in [3.05, 3.63) is 33.9 Å². The van der Waals surface area contributed by atoms with Crippen LogP contribution in [0.2, 0.25) is 0 Å². The number of benzene rings is 1. The lowest BCUT2D eigenvalue weighted by Gasteiger charge is -2.28. The molecule has 1 fully saturated rings. The van der Waals surface area contributed by atoms with Gasteiger partial charge in [-0.25, -0.2) is 0 Å². The molecule has 0 saturated carbocycles. The fraction of sp³-hybridized carbons (Fsp3) is 0.273. The maximum Gasteiger partial charge on any atom is 0.287 e. The molecule has 1 heterocycles. The first-order valence-electron chi connectivity index (χ1n) is 5.32. The van der Waals surface area contributed by atoms with E-state index < -0.39 is 4.92 Å². The number of carbonyl (C=O) groups excluding carboxylic acids is 1. The first-order chi connectivity index (χ1) is 8.61. The van der Waals surface area contributed by atoms with Gasteiger partial charge in [0.15, 0.2) is 0 Å². The van der Waals surface area contributed by atoms with E-state index in [-0.39, 0.29) is 23.7 Å². The summed E-state index contributed by atoms with van der Waals surface area (Å²) in [6.07, 6.45) is 0. The average molecular weight is 246 g/mol. The van der Waals surface area contributed by atoms with E-state index in [1.165, 1.54) is 12.1 Å². The van der Waals surface area contributed by atoms with Gasteiger partial charge in [0.25, 0.3) is 5.69 Å². The molecule has 0 radical (unpaired) electrons. The van der Waals surface area contributed by atoms with Crippen molar-refractivity contribution in [3.8, 4) is 6.07 Å². The minimum atomic E-state index is -0.592. The zero-order chi connectivity index (χ0) is 13.1. The molecule has 0 aliphatic carbocycles. The SMILES string of the molecule is N#Cc1cc(N2CCNC(=O)C2)ccc1[N+](=O)[O-]. The summed E-state index contributed by atoms with van der Waals surface area (Å²) in [5, 5.41) is 22.3. The highest BCUT2D eigenvalue weighted by molar-refractivity contribution is 5.82. The van der Waals surface area contributed by atoms with Crippen LogP contribution in [0.3, 0.4) is 0 Å². The molecule has 0 unspecified atom stereocenters. The Morgan fingerprint density at radius 1 is 1.50 bits per heavy atom. The van der Waals surface area contributed by atoms with Crippen LogP contribution in [0.15, 0.2) is 18.2 Å². The van der Waals surface area contributed by atoms with Crippen LogP contribution in [0.5, 0.6) is 0 Å². The van der Waals surface area contributed by atoms with Crippen LogP contribution in [0, 0.1) is 21.4 Å². The molecule has 7 heteroatoms. The predicted molar refractivity (Wildman–Crippen MR) is 63.0 cm³/mol. The Balaban J connectivity index is 2.33. The van der Waals surface area contributed by atoms with Gasteiger partial charge < -0.3 is 10.2 Å². The second-order valence-corrected chi connectivity index (χ2v) is 3.84. The standard InChI is InChI=1S/C11H10N4O3/c12-6-8-5-9(1-2-10(8)15(17)18)14-4-3-13-11(16)7-14/h1-2,5H,3-4,7H2,(H,13,16). The Morgan fingerprint density at radius 2 is 2.28 bits per heavy atom. The monoisotopic (exact) mass is 246 g/mol. The summed E-state index contributed by atoms with van der Waals surface area (Å²) in [7, 11) is 0. The summed E-state index contributed by atoms with van der Waals surface area (Å²) in [5.74, 6) is -0.0990. The molecule has 1 aromatic carbocycles. The fourth-order valence-corrected chi connectivity index (χ4v) is 1.83. The molecule has 92 valence electrons. The summed E-state index contributed by atoms with van der Waals surface area (Å²) < 4.78 is 0. The number of amides is 1. The van der Waals surface area contributed by atoms with Crippen molar-refractivity contribution >= 4 is 17.3 Å². The third-order valence-electron chi connectivity index (χ3n) is 2.70. The van der Waals surface area contributed by atoms with Crippen LogP contribution in [-0.4, -0.2) is 30.5 Å². The van der Waals surface area contributed by atoms with E-state index in [4.69, 9.17) is 5.26 Å². The van der Waals surface area contributed by atoms with Crippen LogP contribution in [0.1, 0.15) is 5.56 Å². The number of hydrogen-bond acceptors (Lipinski definition) is 5. The van der Waals surface area contributed by atoms with Crippen LogP contribution >= 0.6 is 0 Å². The number of nitrogens with zero attached hydrogens (tertiary/aromatic N) is 3. The number of nitro groups is 1. The summed E-state index contributed by atoms with van der Waals surface area (Å²) in [6.45, 7) is 1.34. The lowest BCUT2D eigenvalue weighted by Crippen LogP contribution is -2.47. The molecule has 0 spiro atoms. The van der Waals surface area contributed by atoms with Gasteiger partial charge in [0.05, 0.1) is 11.5 Å². The summed E-state index contributed by atoms with van der Waals surface area (Å²) in [4.78, 5) is 23.1. The highest BCUT2D eigenvalue weighted by atomic mass is 16.6. The number of carbonyl (C=O) groups is 1. The zero-order valence-electron chi connectivity index (χ0n) is 9.42. The molecule has 0 atom stereocenters. The number of nitriles is 1. The van der Waals surface area contributed by atoms with Crippen LogP contribution in [-0.2, 0) is 4.79 Å². The molecule has 0 aromatic heterocycles. The molecule has 1 amide bonds. The molecular weight excluding hydrogens is 236 g/mol.